The number of ketones is 1. The monoisotopic (exact) mass is 508 g/mol. The van der Waals surface area contributed by atoms with Crippen molar-refractivity contribution in [3.8, 4) is 0 Å². The summed E-state index contributed by atoms with van der Waals surface area (Å²) in [6, 6.07) is 14.7. The highest BCUT2D eigenvalue weighted by molar-refractivity contribution is 6.43. The van der Waals surface area contributed by atoms with Crippen LogP contribution in [0.4, 0.5) is 5.69 Å². The second-order valence-corrected chi connectivity index (χ2v) is 10.7. The van der Waals surface area contributed by atoms with Gasteiger partial charge in [-0.3, -0.25) is 14.4 Å². The van der Waals surface area contributed by atoms with Gasteiger partial charge in [0.25, 0.3) is 11.7 Å². The molecule has 1 aliphatic carbocycles. The third-order valence-electron chi connectivity index (χ3n) is 6.71. The molecule has 1 saturated carbocycles. The van der Waals surface area contributed by atoms with E-state index in [1.165, 1.54) is 4.90 Å². The predicted molar refractivity (Wildman–Crippen MR) is 139 cm³/mol. The lowest BCUT2D eigenvalue weighted by Gasteiger charge is -2.40. The Labute approximate surface area is 218 Å². The number of ether oxygens (including phenoxy) is 3. The Morgan fingerprint density at radius 3 is 2.41 bits per heavy atom. The fourth-order valence-corrected chi connectivity index (χ4v) is 4.58. The molecular weight excluding hydrogens is 472 g/mol. The highest BCUT2D eigenvalue weighted by Crippen LogP contribution is 2.46. The zero-order valence-electron chi connectivity index (χ0n) is 22.2. The number of carbonyl (C=O) groups is 3. The average molecular weight is 509 g/mol. The molecule has 2 fully saturated rings. The lowest BCUT2D eigenvalue weighted by molar-refractivity contribution is -0.153. The van der Waals surface area contributed by atoms with E-state index in [1.54, 1.807) is 26.1 Å². The number of rotatable bonds is 10. The molecule has 198 valence electrons. The quantitative estimate of drug-likeness (QED) is 0.220. The number of epoxide rings is 1. The molecule has 1 aliphatic heterocycles. The van der Waals surface area contributed by atoms with E-state index in [4.69, 9.17) is 14.2 Å². The van der Waals surface area contributed by atoms with Gasteiger partial charge in [0.15, 0.2) is 6.23 Å². The summed E-state index contributed by atoms with van der Waals surface area (Å²) in [5.74, 6) is -1.59. The van der Waals surface area contributed by atoms with Gasteiger partial charge in [0.05, 0.1) is 23.2 Å². The van der Waals surface area contributed by atoms with Crippen LogP contribution in [0.5, 0.6) is 0 Å². The fourth-order valence-electron chi connectivity index (χ4n) is 4.58. The van der Waals surface area contributed by atoms with Gasteiger partial charge < -0.3 is 24.4 Å². The largest absolute Gasteiger partial charge is 0.465 e. The Morgan fingerprint density at radius 1 is 1.11 bits per heavy atom. The van der Waals surface area contributed by atoms with Crippen molar-refractivity contribution in [3.05, 3.63) is 65.2 Å². The van der Waals surface area contributed by atoms with Gasteiger partial charge >= 0.3 is 5.97 Å². The summed E-state index contributed by atoms with van der Waals surface area (Å²) >= 11 is 0. The van der Waals surface area contributed by atoms with Crippen LogP contribution in [0.3, 0.4) is 0 Å². The Kier molecular flexibility index (Phi) is 7.71. The predicted octanol–water partition coefficient (Wildman–Crippen LogP) is 4.42. The summed E-state index contributed by atoms with van der Waals surface area (Å²) in [5, 5.41) is 3.20. The molecule has 2 aromatic rings. The molecule has 0 radical (unpaired) electrons. The van der Waals surface area contributed by atoms with Gasteiger partial charge in [0.1, 0.15) is 0 Å². The van der Waals surface area contributed by atoms with Gasteiger partial charge in [0, 0.05) is 19.3 Å². The van der Waals surface area contributed by atoms with E-state index in [0.717, 1.165) is 12.0 Å². The van der Waals surface area contributed by atoms with Crippen molar-refractivity contribution < 1.29 is 28.6 Å². The molecule has 1 saturated heterocycles. The number of carbonyl (C=O) groups excluding carboxylic acids is 3. The summed E-state index contributed by atoms with van der Waals surface area (Å²) < 4.78 is 16.8. The molecule has 2 aliphatic rings. The SMILES string of the molecule is CCOC(=O)C1(c2ccc(NC3OC3OC(C)(C)C)c(C(=O)C(=O)N(C)Cc3ccccc3)c2)CCC1. The minimum atomic E-state index is -0.795. The Morgan fingerprint density at radius 2 is 1.81 bits per heavy atom. The summed E-state index contributed by atoms with van der Waals surface area (Å²) in [6.07, 6.45) is 1.26. The number of likely N-dealkylation sites (N-methyl/N-ethyl adjacent to an activating group) is 1. The zero-order chi connectivity index (χ0) is 26.8. The molecular formula is C29H36N2O6. The molecule has 2 unspecified atom stereocenters. The topological polar surface area (TPSA) is 97.5 Å². The highest BCUT2D eigenvalue weighted by Gasteiger charge is 2.48. The second-order valence-electron chi connectivity index (χ2n) is 10.7. The number of esters is 1. The summed E-state index contributed by atoms with van der Waals surface area (Å²) in [7, 11) is 1.60. The molecule has 1 amide bonds. The third kappa shape index (κ3) is 6.02. The van der Waals surface area contributed by atoms with Crippen molar-refractivity contribution in [1.29, 1.82) is 0 Å². The lowest BCUT2D eigenvalue weighted by atomic mass is 9.64. The van der Waals surface area contributed by atoms with E-state index in [2.05, 4.69) is 5.32 Å². The number of hydrogen-bond donors (Lipinski definition) is 1. The van der Waals surface area contributed by atoms with E-state index >= 15 is 0 Å². The average Bonchev–Trinajstić information content (AvgIpc) is 3.54. The Hall–Kier alpha value is -3.23. The van der Waals surface area contributed by atoms with Gasteiger partial charge in [-0.05, 0) is 63.8 Å². The summed E-state index contributed by atoms with van der Waals surface area (Å²) in [5.41, 5.74) is 1.07. The van der Waals surface area contributed by atoms with Gasteiger partial charge in [-0.2, -0.15) is 0 Å². The minimum absolute atomic E-state index is 0.197. The van der Waals surface area contributed by atoms with Gasteiger partial charge in [-0.25, -0.2) is 0 Å². The molecule has 1 heterocycles. The fraction of sp³-hybridized carbons (Fsp3) is 0.483. The molecule has 0 aromatic heterocycles. The maximum absolute atomic E-state index is 13.6. The van der Waals surface area contributed by atoms with Crippen molar-refractivity contribution in [2.24, 2.45) is 0 Å². The summed E-state index contributed by atoms with van der Waals surface area (Å²) in [6.45, 7) is 8.16. The molecule has 37 heavy (non-hydrogen) atoms. The zero-order valence-corrected chi connectivity index (χ0v) is 22.2. The molecule has 1 N–H and O–H groups in total. The van der Waals surface area contributed by atoms with Crippen molar-refractivity contribution in [1.82, 2.24) is 4.90 Å². The normalized spacial score (nSPS) is 19.9. The van der Waals surface area contributed by atoms with Crippen LogP contribution in [0.2, 0.25) is 0 Å². The van der Waals surface area contributed by atoms with E-state index in [1.807, 2.05) is 57.2 Å². The number of Topliss-reactive ketones (excluding diaryl/α,β-unsaturated/α-hetero) is 1. The number of nitrogens with one attached hydrogen (secondary N) is 1. The highest BCUT2D eigenvalue weighted by atomic mass is 16.8. The van der Waals surface area contributed by atoms with Crippen LogP contribution in [0.1, 0.15) is 68.4 Å². The van der Waals surface area contributed by atoms with Crippen LogP contribution in [0.15, 0.2) is 48.5 Å². The number of benzene rings is 2. The minimum Gasteiger partial charge on any atom is -0.465 e. The van der Waals surface area contributed by atoms with Gasteiger partial charge in [-0.15, -0.1) is 0 Å². The maximum atomic E-state index is 13.6. The smallest absolute Gasteiger partial charge is 0.316 e. The molecule has 0 bridgehead atoms. The first-order chi connectivity index (χ1) is 17.5. The van der Waals surface area contributed by atoms with Crippen molar-refractivity contribution in [2.45, 2.75) is 77.0 Å². The molecule has 8 heteroatoms. The van der Waals surface area contributed by atoms with E-state index in [-0.39, 0.29) is 18.1 Å². The Bertz CT molecular complexity index is 1150. The van der Waals surface area contributed by atoms with Crippen molar-refractivity contribution >= 4 is 23.3 Å². The van der Waals surface area contributed by atoms with Crippen molar-refractivity contribution in [2.75, 3.05) is 19.0 Å². The number of nitrogens with zero attached hydrogens (tertiary/aromatic N) is 1. The van der Waals surface area contributed by atoms with Crippen LogP contribution < -0.4 is 5.32 Å². The first kappa shape index (κ1) is 26.8. The van der Waals surface area contributed by atoms with E-state index in [0.29, 0.717) is 30.6 Å². The van der Waals surface area contributed by atoms with E-state index < -0.39 is 35.2 Å². The Balaban J connectivity index is 1.62. The second kappa shape index (κ2) is 10.6. The lowest BCUT2D eigenvalue weighted by Crippen LogP contribution is -2.44. The van der Waals surface area contributed by atoms with Crippen molar-refractivity contribution in [3.63, 3.8) is 0 Å². The van der Waals surface area contributed by atoms with E-state index in [9.17, 15) is 14.4 Å². The number of hydrogen-bond acceptors (Lipinski definition) is 7. The van der Waals surface area contributed by atoms with Gasteiger partial charge in [-0.1, -0.05) is 42.8 Å². The van der Waals surface area contributed by atoms with Crippen LogP contribution in [-0.2, 0) is 35.8 Å². The molecule has 2 atom stereocenters. The first-order valence-electron chi connectivity index (χ1n) is 12.8. The molecule has 0 spiro atoms. The number of amides is 1. The standard InChI is InChI=1S/C29H36N2O6/c1-6-35-27(34)29(15-10-16-29)20-13-14-22(30-24-26(36-24)37-28(2,3)4)21(17-20)23(32)25(33)31(5)18-19-11-8-7-9-12-19/h7-9,11-14,17,24,26,30H,6,10,15-16,18H2,1-5H3. The van der Waals surface area contributed by atoms with Crippen LogP contribution in [-0.4, -0.2) is 54.3 Å². The maximum Gasteiger partial charge on any atom is 0.316 e. The molecule has 2 aromatic carbocycles. The number of anilines is 1. The van der Waals surface area contributed by atoms with Gasteiger partial charge in [0.2, 0.25) is 6.29 Å². The summed E-state index contributed by atoms with van der Waals surface area (Å²) in [4.78, 5) is 41.1. The first-order valence-corrected chi connectivity index (χ1v) is 12.8. The third-order valence-corrected chi connectivity index (χ3v) is 6.71. The van der Waals surface area contributed by atoms with Crippen LogP contribution in [0.25, 0.3) is 0 Å². The van der Waals surface area contributed by atoms with Crippen LogP contribution in [0, 0.1) is 0 Å². The molecule has 4 rings (SSSR count). The van der Waals surface area contributed by atoms with Crippen LogP contribution >= 0.6 is 0 Å². The molecule has 8 nitrogen and oxygen atoms in total.